The fraction of sp³-hybridized carbons (Fsp3) is 0.250. The number of nitrogens with one attached hydrogen (secondary N) is 1. The van der Waals surface area contributed by atoms with Crippen molar-refractivity contribution in [1.29, 1.82) is 0 Å². The summed E-state index contributed by atoms with van der Waals surface area (Å²) in [5.74, 6) is 0.0256. The molecule has 1 heterocycles. The highest BCUT2D eigenvalue weighted by Crippen LogP contribution is 2.32. The first-order valence-electron chi connectivity index (χ1n) is 5.19. The van der Waals surface area contributed by atoms with E-state index in [2.05, 4.69) is 4.98 Å². The molecule has 90 valence electrons. The topological polar surface area (TPSA) is 51.3 Å². The van der Waals surface area contributed by atoms with Crippen molar-refractivity contribution in [3.63, 3.8) is 0 Å². The van der Waals surface area contributed by atoms with Crippen LogP contribution in [0.4, 0.5) is 0 Å². The second-order valence-corrected chi connectivity index (χ2v) is 3.88. The van der Waals surface area contributed by atoms with Gasteiger partial charge in [-0.05, 0) is 25.1 Å². The molecule has 0 fully saturated rings. The van der Waals surface area contributed by atoms with E-state index >= 15 is 0 Å². The molecule has 1 aromatic heterocycles. The first kappa shape index (κ1) is 11.8. The largest absolute Gasteiger partial charge is 0.494 e. The first-order valence-corrected chi connectivity index (χ1v) is 5.57. The SMILES string of the molecule is CCOC(=O)c1[nH]c2ccc(Cl)cc2c1OC. The van der Waals surface area contributed by atoms with Crippen molar-refractivity contribution in [1.82, 2.24) is 4.98 Å². The predicted octanol–water partition coefficient (Wildman–Crippen LogP) is 3.01. The van der Waals surface area contributed by atoms with Gasteiger partial charge >= 0.3 is 5.97 Å². The second kappa shape index (κ2) is 4.67. The van der Waals surface area contributed by atoms with E-state index in [0.717, 1.165) is 10.9 Å². The molecule has 0 radical (unpaired) electrons. The second-order valence-electron chi connectivity index (χ2n) is 3.44. The summed E-state index contributed by atoms with van der Waals surface area (Å²) < 4.78 is 10.2. The van der Waals surface area contributed by atoms with E-state index in [1.54, 1.807) is 25.1 Å². The van der Waals surface area contributed by atoms with Crippen LogP contribution in [0, 0.1) is 0 Å². The van der Waals surface area contributed by atoms with Crippen molar-refractivity contribution in [3.05, 3.63) is 28.9 Å². The third-order valence-corrected chi connectivity index (χ3v) is 2.63. The van der Waals surface area contributed by atoms with Crippen LogP contribution in [0.5, 0.6) is 5.75 Å². The fourth-order valence-corrected chi connectivity index (χ4v) is 1.87. The van der Waals surface area contributed by atoms with Gasteiger partial charge in [-0.3, -0.25) is 0 Å². The maximum atomic E-state index is 11.7. The highest BCUT2D eigenvalue weighted by Gasteiger charge is 2.19. The van der Waals surface area contributed by atoms with E-state index in [0.29, 0.717) is 23.1 Å². The summed E-state index contributed by atoms with van der Waals surface area (Å²) in [5.41, 5.74) is 1.10. The Kier molecular flexibility index (Phi) is 3.24. The van der Waals surface area contributed by atoms with E-state index in [1.807, 2.05) is 0 Å². The molecular weight excluding hydrogens is 242 g/mol. The molecule has 0 aliphatic heterocycles. The molecule has 1 aromatic carbocycles. The van der Waals surface area contributed by atoms with Gasteiger partial charge in [-0.2, -0.15) is 0 Å². The summed E-state index contributed by atoms with van der Waals surface area (Å²) in [6, 6.07) is 5.28. The Morgan fingerprint density at radius 2 is 2.24 bits per heavy atom. The monoisotopic (exact) mass is 253 g/mol. The quantitative estimate of drug-likeness (QED) is 0.856. The van der Waals surface area contributed by atoms with Crippen LogP contribution < -0.4 is 4.74 Å². The van der Waals surface area contributed by atoms with Crippen molar-refractivity contribution in [2.75, 3.05) is 13.7 Å². The number of H-pyrrole nitrogens is 1. The maximum absolute atomic E-state index is 11.7. The number of halogens is 1. The van der Waals surface area contributed by atoms with Crippen LogP contribution in [0.1, 0.15) is 17.4 Å². The standard InChI is InChI=1S/C12H12ClNO3/c1-3-17-12(15)10-11(16-2)8-6-7(13)4-5-9(8)14-10/h4-6,14H,3H2,1-2H3. The van der Waals surface area contributed by atoms with Gasteiger partial charge in [-0.1, -0.05) is 11.6 Å². The molecule has 0 saturated heterocycles. The molecule has 0 aliphatic rings. The van der Waals surface area contributed by atoms with E-state index in [-0.39, 0.29) is 0 Å². The molecule has 2 aromatic rings. The average molecular weight is 254 g/mol. The molecule has 5 heteroatoms. The Bertz CT molecular complexity index is 562. The van der Waals surface area contributed by atoms with E-state index in [9.17, 15) is 4.79 Å². The number of hydrogen-bond acceptors (Lipinski definition) is 3. The summed E-state index contributed by atoms with van der Waals surface area (Å²) in [7, 11) is 1.51. The summed E-state index contributed by atoms with van der Waals surface area (Å²) in [5, 5.41) is 1.35. The summed E-state index contributed by atoms with van der Waals surface area (Å²) in [6.45, 7) is 2.07. The van der Waals surface area contributed by atoms with Crippen molar-refractivity contribution in [3.8, 4) is 5.75 Å². The lowest BCUT2D eigenvalue weighted by Gasteiger charge is -2.02. The number of aromatic nitrogens is 1. The lowest BCUT2D eigenvalue weighted by atomic mass is 10.2. The van der Waals surface area contributed by atoms with Crippen LogP contribution in [0.15, 0.2) is 18.2 Å². The van der Waals surface area contributed by atoms with Gasteiger partial charge in [-0.25, -0.2) is 4.79 Å². The summed E-state index contributed by atoms with van der Waals surface area (Å²) >= 11 is 5.91. The summed E-state index contributed by atoms with van der Waals surface area (Å²) in [4.78, 5) is 14.7. The molecule has 17 heavy (non-hydrogen) atoms. The molecule has 0 saturated carbocycles. The van der Waals surface area contributed by atoms with E-state index < -0.39 is 5.97 Å². The van der Waals surface area contributed by atoms with Gasteiger partial charge in [0.25, 0.3) is 0 Å². The van der Waals surface area contributed by atoms with E-state index in [1.165, 1.54) is 7.11 Å². The molecule has 4 nitrogen and oxygen atoms in total. The van der Waals surface area contributed by atoms with Crippen molar-refractivity contribution >= 4 is 28.5 Å². The Morgan fingerprint density at radius 3 is 2.88 bits per heavy atom. The lowest BCUT2D eigenvalue weighted by Crippen LogP contribution is -2.06. The van der Waals surface area contributed by atoms with Gasteiger partial charge in [0.05, 0.1) is 13.7 Å². The third kappa shape index (κ3) is 2.08. The molecule has 2 rings (SSSR count). The number of aromatic amines is 1. The highest BCUT2D eigenvalue weighted by atomic mass is 35.5. The molecule has 0 atom stereocenters. The predicted molar refractivity (Wildman–Crippen MR) is 65.8 cm³/mol. The molecule has 0 aliphatic carbocycles. The maximum Gasteiger partial charge on any atom is 0.358 e. The van der Waals surface area contributed by atoms with Crippen molar-refractivity contribution in [2.45, 2.75) is 6.92 Å². The zero-order chi connectivity index (χ0) is 12.4. The Balaban J connectivity index is 2.60. The number of fused-ring (bicyclic) bond motifs is 1. The molecule has 0 spiro atoms. The Hall–Kier alpha value is -1.68. The van der Waals surface area contributed by atoms with Gasteiger partial charge in [-0.15, -0.1) is 0 Å². The minimum absolute atomic E-state index is 0.312. The third-order valence-electron chi connectivity index (χ3n) is 2.40. The molecule has 0 unspecified atom stereocenters. The van der Waals surface area contributed by atoms with Crippen LogP contribution in [0.25, 0.3) is 10.9 Å². The lowest BCUT2D eigenvalue weighted by molar-refractivity contribution is 0.0517. The van der Waals surface area contributed by atoms with E-state index in [4.69, 9.17) is 21.1 Å². The van der Waals surface area contributed by atoms with Crippen LogP contribution in [-0.4, -0.2) is 24.7 Å². The van der Waals surface area contributed by atoms with Gasteiger partial charge < -0.3 is 14.5 Å². The molecular formula is C12H12ClNO3. The fourth-order valence-electron chi connectivity index (χ4n) is 1.70. The Morgan fingerprint density at radius 1 is 1.47 bits per heavy atom. The normalized spacial score (nSPS) is 10.5. The van der Waals surface area contributed by atoms with Gasteiger partial charge in [0.2, 0.25) is 0 Å². The number of hydrogen-bond donors (Lipinski definition) is 1. The van der Waals surface area contributed by atoms with Gasteiger partial charge in [0, 0.05) is 15.9 Å². The number of methoxy groups -OCH3 is 1. The minimum Gasteiger partial charge on any atom is -0.494 e. The van der Waals surface area contributed by atoms with Crippen molar-refractivity contribution in [2.24, 2.45) is 0 Å². The molecule has 0 bridgehead atoms. The first-order chi connectivity index (χ1) is 8.17. The average Bonchev–Trinajstić information content (AvgIpc) is 2.67. The number of benzene rings is 1. The van der Waals surface area contributed by atoms with Crippen LogP contribution in [0.3, 0.4) is 0 Å². The Labute approximate surface area is 103 Å². The highest BCUT2D eigenvalue weighted by molar-refractivity contribution is 6.31. The summed E-state index contributed by atoms with van der Waals surface area (Å²) in [6.07, 6.45) is 0. The number of rotatable bonds is 3. The smallest absolute Gasteiger partial charge is 0.358 e. The number of carbonyl (C=O) groups is 1. The van der Waals surface area contributed by atoms with Crippen LogP contribution in [0.2, 0.25) is 5.02 Å². The zero-order valence-electron chi connectivity index (χ0n) is 9.54. The van der Waals surface area contributed by atoms with Crippen molar-refractivity contribution < 1.29 is 14.3 Å². The van der Waals surface area contributed by atoms with Gasteiger partial charge in [0.1, 0.15) is 0 Å². The van der Waals surface area contributed by atoms with Crippen LogP contribution in [-0.2, 0) is 4.74 Å². The minimum atomic E-state index is -0.434. The van der Waals surface area contributed by atoms with Crippen LogP contribution >= 0.6 is 11.6 Å². The molecule has 1 N–H and O–H groups in total. The zero-order valence-corrected chi connectivity index (χ0v) is 10.3. The number of carbonyl (C=O) groups excluding carboxylic acids is 1. The number of ether oxygens (including phenoxy) is 2. The van der Waals surface area contributed by atoms with Gasteiger partial charge in [0.15, 0.2) is 11.4 Å². The molecule has 0 amide bonds. The number of esters is 1.